The molecule has 6 heteroatoms. The molecule has 3 N–H and O–H groups in total. The van der Waals surface area contributed by atoms with Gasteiger partial charge in [0.05, 0.1) is 17.4 Å². The molecular formula is C10H13N3O3. The van der Waals surface area contributed by atoms with Crippen molar-refractivity contribution >= 4 is 17.7 Å². The summed E-state index contributed by atoms with van der Waals surface area (Å²) in [6.45, 7) is 3.65. The molecule has 86 valence electrons. The lowest BCUT2D eigenvalue weighted by Gasteiger charge is -2.09. The number of carboxylic acid groups (broad SMARTS) is 1. The molecule has 1 heterocycles. The molecule has 0 aliphatic rings. The van der Waals surface area contributed by atoms with Gasteiger partial charge in [-0.3, -0.25) is 4.98 Å². The number of amides is 2. The lowest BCUT2D eigenvalue weighted by atomic mass is 10.2. The Kier molecular flexibility index (Phi) is 3.82. The van der Waals surface area contributed by atoms with Gasteiger partial charge in [-0.25, -0.2) is 9.59 Å². The molecule has 0 aromatic carbocycles. The molecule has 0 aliphatic heterocycles. The van der Waals surface area contributed by atoms with Crippen LogP contribution >= 0.6 is 0 Å². The first-order valence-corrected chi connectivity index (χ1v) is 4.75. The van der Waals surface area contributed by atoms with Crippen LogP contribution in [0.25, 0.3) is 0 Å². The minimum atomic E-state index is -1.08. The van der Waals surface area contributed by atoms with E-state index in [0.29, 0.717) is 5.69 Å². The molecule has 0 bridgehead atoms. The van der Waals surface area contributed by atoms with Crippen molar-refractivity contribution in [2.75, 3.05) is 5.32 Å². The summed E-state index contributed by atoms with van der Waals surface area (Å²) in [5.41, 5.74) is 0.375. The van der Waals surface area contributed by atoms with Gasteiger partial charge in [-0.1, -0.05) is 0 Å². The molecule has 0 saturated heterocycles. The van der Waals surface area contributed by atoms with E-state index in [9.17, 15) is 9.59 Å². The quantitative estimate of drug-likeness (QED) is 0.720. The second kappa shape index (κ2) is 5.11. The highest BCUT2D eigenvalue weighted by atomic mass is 16.4. The average molecular weight is 223 g/mol. The normalized spacial score (nSPS) is 9.94. The zero-order chi connectivity index (χ0) is 12.1. The zero-order valence-corrected chi connectivity index (χ0v) is 9.02. The van der Waals surface area contributed by atoms with Crippen molar-refractivity contribution in [3.8, 4) is 0 Å². The van der Waals surface area contributed by atoms with E-state index in [-0.39, 0.29) is 17.6 Å². The maximum absolute atomic E-state index is 11.3. The maximum Gasteiger partial charge on any atom is 0.337 e. The zero-order valence-electron chi connectivity index (χ0n) is 9.02. The number of aromatic carboxylic acids is 1. The molecule has 1 aromatic rings. The first-order chi connectivity index (χ1) is 7.49. The highest BCUT2D eigenvalue weighted by Crippen LogP contribution is 2.07. The number of carboxylic acids is 1. The summed E-state index contributed by atoms with van der Waals surface area (Å²) in [4.78, 5) is 25.7. The second-order valence-electron chi connectivity index (χ2n) is 3.52. The monoisotopic (exact) mass is 223 g/mol. The number of carbonyl (C=O) groups is 2. The second-order valence-corrected chi connectivity index (χ2v) is 3.52. The molecule has 16 heavy (non-hydrogen) atoms. The van der Waals surface area contributed by atoms with E-state index in [1.165, 1.54) is 18.5 Å². The summed E-state index contributed by atoms with van der Waals surface area (Å²) in [5.74, 6) is -1.08. The first kappa shape index (κ1) is 12.0. The highest BCUT2D eigenvalue weighted by Gasteiger charge is 2.07. The minimum Gasteiger partial charge on any atom is -0.478 e. The van der Waals surface area contributed by atoms with Crippen molar-refractivity contribution in [1.29, 1.82) is 0 Å². The van der Waals surface area contributed by atoms with Gasteiger partial charge in [0.2, 0.25) is 0 Å². The Hall–Kier alpha value is -2.11. The van der Waals surface area contributed by atoms with Crippen LogP contribution in [0.1, 0.15) is 24.2 Å². The van der Waals surface area contributed by atoms with Gasteiger partial charge in [0.15, 0.2) is 0 Å². The lowest BCUT2D eigenvalue weighted by molar-refractivity contribution is 0.0696. The summed E-state index contributed by atoms with van der Waals surface area (Å²) >= 11 is 0. The SMILES string of the molecule is CC(C)NC(=O)Nc1cncc(C(=O)O)c1. The van der Waals surface area contributed by atoms with Crippen molar-refractivity contribution in [3.63, 3.8) is 0 Å². The summed E-state index contributed by atoms with van der Waals surface area (Å²) in [6, 6.07) is 0.963. The average Bonchev–Trinajstić information content (AvgIpc) is 2.16. The third kappa shape index (κ3) is 3.56. The lowest BCUT2D eigenvalue weighted by Crippen LogP contribution is -2.34. The van der Waals surface area contributed by atoms with Gasteiger partial charge in [0.1, 0.15) is 0 Å². The minimum absolute atomic E-state index is 0.00983. The molecule has 1 rings (SSSR count). The predicted molar refractivity (Wildman–Crippen MR) is 58.5 cm³/mol. The smallest absolute Gasteiger partial charge is 0.337 e. The summed E-state index contributed by atoms with van der Waals surface area (Å²) in [7, 11) is 0. The maximum atomic E-state index is 11.3. The van der Waals surface area contributed by atoms with Gasteiger partial charge in [0.25, 0.3) is 0 Å². The number of aromatic nitrogens is 1. The molecule has 0 unspecified atom stereocenters. The Morgan fingerprint density at radius 2 is 2.06 bits per heavy atom. The Bertz CT molecular complexity index is 404. The van der Waals surface area contributed by atoms with E-state index in [2.05, 4.69) is 15.6 Å². The Balaban J connectivity index is 2.70. The number of rotatable bonds is 3. The van der Waals surface area contributed by atoms with Gasteiger partial charge in [-0.2, -0.15) is 0 Å². The van der Waals surface area contributed by atoms with E-state index in [0.717, 1.165) is 0 Å². The molecule has 0 fully saturated rings. The fourth-order valence-electron chi connectivity index (χ4n) is 1.05. The third-order valence-corrected chi connectivity index (χ3v) is 1.66. The van der Waals surface area contributed by atoms with Crippen LogP contribution in [0.2, 0.25) is 0 Å². The molecule has 0 spiro atoms. The number of carbonyl (C=O) groups excluding carboxylic acids is 1. The molecule has 0 aliphatic carbocycles. The van der Waals surface area contributed by atoms with E-state index in [1.54, 1.807) is 0 Å². The van der Waals surface area contributed by atoms with E-state index < -0.39 is 5.97 Å². The predicted octanol–water partition coefficient (Wildman–Crippen LogP) is 1.31. The van der Waals surface area contributed by atoms with E-state index >= 15 is 0 Å². The van der Waals surface area contributed by atoms with Gasteiger partial charge in [0, 0.05) is 12.2 Å². The van der Waals surface area contributed by atoms with Crippen LogP contribution in [0.4, 0.5) is 10.5 Å². The molecule has 0 radical (unpaired) electrons. The van der Waals surface area contributed by atoms with Crippen LogP contribution in [0.3, 0.4) is 0 Å². The van der Waals surface area contributed by atoms with Gasteiger partial charge >= 0.3 is 12.0 Å². The van der Waals surface area contributed by atoms with Crippen LogP contribution in [0.15, 0.2) is 18.5 Å². The molecule has 2 amide bonds. The topological polar surface area (TPSA) is 91.3 Å². The van der Waals surface area contributed by atoms with Gasteiger partial charge in [-0.15, -0.1) is 0 Å². The Labute approximate surface area is 92.7 Å². The van der Waals surface area contributed by atoms with E-state index in [1.807, 2.05) is 13.8 Å². The molecule has 0 saturated carbocycles. The fraction of sp³-hybridized carbons (Fsp3) is 0.300. The van der Waals surface area contributed by atoms with Crippen LogP contribution < -0.4 is 10.6 Å². The van der Waals surface area contributed by atoms with E-state index in [4.69, 9.17) is 5.11 Å². The van der Waals surface area contributed by atoms with Crippen molar-refractivity contribution in [1.82, 2.24) is 10.3 Å². The van der Waals surface area contributed by atoms with Gasteiger partial charge < -0.3 is 15.7 Å². The van der Waals surface area contributed by atoms with Crippen LogP contribution in [0.5, 0.6) is 0 Å². The Morgan fingerprint density at radius 1 is 1.38 bits per heavy atom. The van der Waals surface area contributed by atoms with Crippen LogP contribution in [-0.4, -0.2) is 28.1 Å². The number of hydrogen-bond acceptors (Lipinski definition) is 3. The number of urea groups is 1. The Morgan fingerprint density at radius 3 is 2.62 bits per heavy atom. The van der Waals surface area contributed by atoms with Gasteiger partial charge in [-0.05, 0) is 19.9 Å². The number of anilines is 1. The van der Waals surface area contributed by atoms with Crippen LogP contribution in [0, 0.1) is 0 Å². The van der Waals surface area contributed by atoms with Crippen molar-refractivity contribution in [3.05, 3.63) is 24.0 Å². The molecule has 6 nitrogen and oxygen atoms in total. The van der Waals surface area contributed by atoms with Crippen molar-refractivity contribution in [2.45, 2.75) is 19.9 Å². The fourth-order valence-corrected chi connectivity index (χ4v) is 1.05. The van der Waals surface area contributed by atoms with Crippen LogP contribution in [-0.2, 0) is 0 Å². The number of pyridine rings is 1. The standard InChI is InChI=1S/C10H13N3O3/c1-6(2)12-10(16)13-8-3-7(9(14)15)4-11-5-8/h3-6H,1-2H3,(H,14,15)(H2,12,13,16). The largest absolute Gasteiger partial charge is 0.478 e. The molecule has 0 atom stereocenters. The molecular weight excluding hydrogens is 210 g/mol. The number of hydrogen-bond donors (Lipinski definition) is 3. The summed E-state index contributed by atoms with van der Waals surface area (Å²) in [5, 5.41) is 13.8. The summed E-state index contributed by atoms with van der Waals surface area (Å²) < 4.78 is 0. The third-order valence-electron chi connectivity index (χ3n) is 1.66. The van der Waals surface area contributed by atoms with Crippen molar-refractivity contribution < 1.29 is 14.7 Å². The number of nitrogens with zero attached hydrogens (tertiary/aromatic N) is 1. The number of nitrogens with one attached hydrogen (secondary N) is 2. The summed E-state index contributed by atoms with van der Waals surface area (Å²) in [6.07, 6.45) is 2.60. The first-order valence-electron chi connectivity index (χ1n) is 4.75. The van der Waals surface area contributed by atoms with Crippen molar-refractivity contribution in [2.24, 2.45) is 0 Å². The molecule has 1 aromatic heterocycles. The highest BCUT2D eigenvalue weighted by molar-refractivity contribution is 5.92.